The van der Waals surface area contributed by atoms with Gasteiger partial charge in [0.05, 0.1) is 0 Å². The minimum atomic E-state index is 0.263. The van der Waals surface area contributed by atoms with Gasteiger partial charge in [-0.2, -0.15) is 0 Å². The summed E-state index contributed by atoms with van der Waals surface area (Å²) in [5, 5.41) is 6.73. The predicted molar refractivity (Wildman–Crippen MR) is 81.5 cm³/mol. The van der Waals surface area contributed by atoms with Crippen LogP contribution in [0, 0.1) is 0 Å². The van der Waals surface area contributed by atoms with Gasteiger partial charge in [0, 0.05) is 56.9 Å². The molecule has 1 aromatic carbocycles. The molecular weight excluding hydrogens is 250 g/mol. The normalized spacial score (nSPS) is 19.2. The number of hydrogen-bond acceptors (Lipinski definition) is 4. The second kappa shape index (κ2) is 6.37. The predicted octanol–water partition coefficient (Wildman–Crippen LogP) is 1.52. The summed E-state index contributed by atoms with van der Waals surface area (Å²) in [6, 6.07) is 6.14. The van der Waals surface area contributed by atoms with Crippen molar-refractivity contribution < 1.29 is 4.79 Å². The van der Waals surface area contributed by atoms with Crippen molar-refractivity contribution in [2.75, 3.05) is 44.6 Å². The van der Waals surface area contributed by atoms with Crippen molar-refractivity contribution in [3.05, 3.63) is 29.3 Å². The van der Waals surface area contributed by atoms with Gasteiger partial charge in [-0.05, 0) is 24.5 Å². The molecule has 2 aliphatic heterocycles. The van der Waals surface area contributed by atoms with Crippen molar-refractivity contribution in [3.63, 3.8) is 0 Å². The van der Waals surface area contributed by atoms with E-state index in [1.54, 1.807) is 0 Å². The molecule has 1 aromatic rings. The maximum absolute atomic E-state index is 12.3. The number of piperazine rings is 1. The minimum Gasteiger partial charge on any atom is -0.385 e. The number of carbonyl (C=O) groups excluding carboxylic acids is 1. The fraction of sp³-hybridized carbons (Fsp3) is 0.562. The van der Waals surface area contributed by atoms with Gasteiger partial charge in [0.25, 0.3) is 0 Å². The number of anilines is 1. The summed E-state index contributed by atoms with van der Waals surface area (Å²) in [4.78, 5) is 14.7. The topological polar surface area (TPSA) is 44.4 Å². The number of benzene rings is 1. The van der Waals surface area contributed by atoms with Gasteiger partial charge in [-0.1, -0.05) is 12.1 Å². The minimum absolute atomic E-state index is 0.263. The van der Waals surface area contributed by atoms with E-state index in [2.05, 4.69) is 21.6 Å². The summed E-state index contributed by atoms with van der Waals surface area (Å²) in [5.41, 5.74) is 3.35. The molecule has 4 heteroatoms. The molecule has 1 saturated heterocycles. The number of ketones is 1. The Hall–Kier alpha value is -1.39. The molecule has 2 N–H and O–H groups in total. The molecule has 4 nitrogen and oxygen atoms in total. The Labute approximate surface area is 120 Å². The molecule has 0 spiro atoms. The average molecular weight is 273 g/mol. The van der Waals surface area contributed by atoms with Crippen LogP contribution in [0.3, 0.4) is 0 Å². The van der Waals surface area contributed by atoms with Crippen LogP contribution in [0.1, 0.15) is 28.8 Å². The molecule has 0 amide bonds. The van der Waals surface area contributed by atoms with Gasteiger partial charge < -0.3 is 15.5 Å². The molecule has 1 fully saturated rings. The Kier molecular flexibility index (Phi) is 4.33. The summed E-state index contributed by atoms with van der Waals surface area (Å²) in [7, 11) is 0. The first-order valence-electron chi connectivity index (χ1n) is 7.66. The molecule has 0 radical (unpaired) electrons. The molecule has 2 aliphatic rings. The van der Waals surface area contributed by atoms with E-state index in [0.717, 1.165) is 56.9 Å². The molecule has 0 unspecified atom stereocenters. The van der Waals surface area contributed by atoms with E-state index < -0.39 is 0 Å². The molecule has 0 aromatic heterocycles. The van der Waals surface area contributed by atoms with Crippen LogP contribution >= 0.6 is 0 Å². The summed E-state index contributed by atoms with van der Waals surface area (Å²) in [6.07, 6.45) is 2.93. The number of Topliss-reactive ketones (excluding diaryl/α,β-unsaturated/α-hetero) is 1. The highest BCUT2D eigenvalue weighted by Gasteiger charge is 2.15. The summed E-state index contributed by atoms with van der Waals surface area (Å²) in [6.45, 7) is 6.09. The molecule has 0 saturated carbocycles. The van der Waals surface area contributed by atoms with Crippen LogP contribution < -0.4 is 10.6 Å². The Morgan fingerprint density at radius 3 is 2.90 bits per heavy atom. The van der Waals surface area contributed by atoms with Gasteiger partial charge in [-0.3, -0.25) is 4.79 Å². The number of hydrogen-bond donors (Lipinski definition) is 2. The third-order valence-corrected chi connectivity index (χ3v) is 4.23. The monoisotopic (exact) mass is 273 g/mol. The molecule has 0 bridgehead atoms. The van der Waals surface area contributed by atoms with Crippen molar-refractivity contribution in [1.82, 2.24) is 10.2 Å². The average Bonchev–Trinajstić information content (AvgIpc) is 2.53. The zero-order valence-corrected chi connectivity index (χ0v) is 12.0. The Balaban J connectivity index is 1.59. The highest BCUT2D eigenvalue weighted by Crippen LogP contribution is 2.23. The molecule has 0 atom stereocenters. The van der Waals surface area contributed by atoms with Gasteiger partial charge in [0.15, 0.2) is 5.78 Å². The third kappa shape index (κ3) is 3.19. The highest BCUT2D eigenvalue weighted by atomic mass is 16.1. The van der Waals surface area contributed by atoms with E-state index in [-0.39, 0.29) is 5.78 Å². The van der Waals surface area contributed by atoms with Gasteiger partial charge in [-0.25, -0.2) is 0 Å². The third-order valence-electron chi connectivity index (χ3n) is 4.23. The van der Waals surface area contributed by atoms with Crippen LogP contribution in [-0.2, 0) is 6.42 Å². The molecular formula is C16H23N3O. The number of nitrogens with one attached hydrogen (secondary N) is 2. The number of fused-ring (bicyclic) bond motifs is 1. The van der Waals surface area contributed by atoms with E-state index >= 15 is 0 Å². The first-order chi connectivity index (χ1) is 9.83. The van der Waals surface area contributed by atoms with Crippen molar-refractivity contribution >= 4 is 11.5 Å². The van der Waals surface area contributed by atoms with Crippen LogP contribution in [-0.4, -0.2) is 50.0 Å². The summed E-state index contributed by atoms with van der Waals surface area (Å²) in [5.74, 6) is 0.263. The fourth-order valence-corrected chi connectivity index (χ4v) is 2.97. The van der Waals surface area contributed by atoms with Crippen LogP contribution in [0.4, 0.5) is 5.69 Å². The summed E-state index contributed by atoms with van der Waals surface area (Å²) >= 11 is 0. The van der Waals surface area contributed by atoms with E-state index in [0.29, 0.717) is 6.42 Å². The van der Waals surface area contributed by atoms with E-state index in [1.165, 1.54) is 12.0 Å². The standard InChI is InChI=1S/C16H23N3O/c20-16(5-9-19-10-7-17-8-11-19)14-4-3-13-2-1-6-18-15(13)12-14/h3-4,12,17-18H,1-2,5-11H2. The Morgan fingerprint density at radius 1 is 1.20 bits per heavy atom. The second-order valence-electron chi connectivity index (χ2n) is 5.67. The maximum Gasteiger partial charge on any atom is 0.164 e. The zero-order valence-electron chi connectivity index (χ0n) is 12.0. The number of nitrogens with zero attached hydrogens (tertiary/aromatic N) is 1. The van der Waals surface area contributed by atoms with E-state index in [9.17, 15) is 4.79 Å². The Morgan fingerprint density at radius 2 is 2.05 bits per heavy atom. The van der Waals surface area contributed by atoms with Crippen LogP contribution in [0.25, 0.3) is 0 Å². The van der Waals surface area contributed by atoms with E-state index in [4.69, 9.17) is 0 Å². The lowest BCUT2D eigenvalue weighted by Gasteiger charge is -2.26. The lowest BCUT2D eigenvalue weighted by Crippen LogP contribution is -2.44. The van der Waals surface area contributed by atoms with Gasteiger partial charge in [0.2, 0.25) is 0 Å². The first kappa shape index (κ1) is 13.6. The second-order valence-corrected chi connectivity index (χ2v) is 5.67. The van der Waals surface area contributed by atoms with Crippen LogP contribution in [0.2, 0.25) is 0 Å². The maximum atomic E-state index is 12.3. The fourth-order valence-electron chi connectivity index (χ4n) is 2.97. The lowest BCUT2D eigenvalue weighted by molar-refractivity contribution is 0.0960. The molecule has 20 heavy (non-hydrogen) atoms. The summed E-state index contributed by atoms with van der Waals surface area (Å²) < 4.78 is 0. The molecule has 3 rings (SSSR count). The Bertz CT molecular complexity index is 481. The van der Waals surface area contributed by atoms with Crippen molar-refractivity contribution in [2.45, 2.75) is 19.3 Å². The number of rotatable bonds is 4. The molecule has 108 valence electrons. The lowest BCUT2D eigenvalue weighted by atomic mass is 9.99. The molecule has 2 heterocycles. The van der Waals surface area contributed by atoms with Gasteiger partial charge in [-0.15, -0.1) is 0 Å². The van der Waals surface area contributed by atoms with E-state index in [1.807, 2.05) is 12.1 Å². The number of aryl methyl sites for hydroxylation is 1. The smallest absolute Gasteiger partial charge is 0.164 e. The van der Waals surface area contributed by atoms with Crippen molar-refractivity contribution in [2.24, 2.45) is 0 Å². The van der Waals surface area contributed by atoms with Crippen LogP contribution in [0.5, 0.6) is 0 Å². The molecule has 0 aliphatic carbocycles. The quantitative estimate of drug-likeness (QED) is 0.817. The van der Waals surface area contributed by atoms with Gasteiger partial charge >= 0.3 is 0 Å². The zero-order chi connectivity index (χ0) is 13.8. The SMILES string of the molecule is O=C(CCN1CCNCC1)c1ccc2c(c1)NCCC2. The first-order valence-corrected chi connectivity index (χ1v) is 7.66. The number of carbonyl (C=O) groups is 1. The highest BCUT2D eigenvalue weighted by molar-refractivity contribution is 5.97. The van der Waals surface area contributed by atoms with Crippen molar-refractivity contribution in [1.29, 1.82) is 0 Å². The van der Waals surface area contributed by atoms with Crippen molar-refractivity contribution in [3.8, 4) is 0 Å². The van der Waals surface area contributed by atoms with Crippen LogP contribution in [0.15, 0.2) is 18.2 Å². The van der Waals surface area contributed by atoms with Gasteiger partial charge in [0.1, 0.15) is 0 Å². The largest absolute Gasteiger partial charge is 0.385 e.